The van der Waals surface area contributed by atoms with Gasteiger partial charge in [0.2, 0.25) is 0 Å². The number of ether oxygens (including phenoxy) is 1. The van der Waals surface area contributed by atoms with Gasteiger partial charge in [0.05, 0.1) is 18.4 Å². The van der Waals surface area contributed by atoms with Crippen LogP contribution < -0.4 is 5.32 Å². The van der Waals surface area contributed by atoms with Crippen LogP contribution in [0.4, 0.5) is 0 Å². The van der Waals surface area contributed by atoms with Crippen LogP contribution in [-0.4, -0.2) is 42.4 Å². The number of hydrogen-bond acceptors (Lipinski definition) is 5. The monoisotopic (exact) mass is 348 g/mol. The second-order valence-electron chi connectivity index (χ2n) is 5.91. The van der Waals surface area contributed by atoms with Gasteiger partial charge < -0.3 is 15.2 Å². The molecule has 0 fully saturated rings. The molecule has 0 radical (unpaired) electrons. The molecule has 0 bridgehead atoms. The number of carbonyl (C=O) groups excluding carboxylic acids is 1. The van der Waals surface area contributed by atoms with Crippen molar-refractivity contribution in [3.05, 3.63) is 39.9 Å². The number of aliphatic hydroxyl groups is 1. The van der Waals surface area contributed by atoms with Crippen molar-refractivity contribution >= 4 is 17.2 Å². The molecular weight excluding hydrogens is 324 g/mol. The fourth-order valence-electron chi connectivity index (χ4n) is 2.48. The maximum atomic E-state index is 12.3. The van der Waals surface area contributed by atoms with Crippen LogP contribution in [-0.2, 0) is 4.74 Å². The molecule has 1 aromatic carbocycles. The van der Waals surface area contributed by atoms with Crippen LogP contribution in [0.5, 0.6) is 0 Å². The van der Waals surface area contributed by atoms with E-state index < -0.39 is 6.10 Å². The van der Waals surface area contributed by atoms with Gasteiger partial charge in [-0.1, -0.05) is 23.8 Å². The molecule has 6 heteroatoms. The molecule has 0 saturated carbocycles. The summed E-state index contributed by atoms with van der Waals surface area (Å²) < 4.78 is 4.87. The first-order valence-electron chi connectivity index (χ1n) is 7.92. The highest BCUT2D eigenvalue weighted by Crippen LogP contribution is 2.30. The van der Waals surface area contributed by atoms with Crippen molar-refractivity contribution in [2.45, 2.75) is 33.3 Å². The van der Waals surface area contributed by atoms with E-state index in [0.29, 0.717) is 17.8 Å². The Morgan fingerprint density at radius 3 is 2.79 bits per heavy atom. The van der Waals surface area contributed by atoms with E-state index in [0.717, 1.165) is 21.8 Å². The average Bonchev–Trinajstić information content (AvgIpc) is 2.89. The lowest BCUT2D eigenvalue weighted by Crippen LogP contribution is -2.28. The van der Waals surface area contributed by atoms with Crippen molar-refractivity contribution < 1.29 is 14.6 Å². The first-order valence-corrected chi connectivity index (χ1v) is 8.74. The van der Waals surface area contributed by atoms with Gasteiger partial charge in [-0.25, -0.2) is 4.98 Å². The fourth-order valence-corrected chi connectivity index (χ4v) is 3.56. The van der Waals surface area contributed by atoms with Crippen LogP contribution in [0.2, 0.25) is 0 Å². The minimum Gasteiger partial charge on any atom is -0.391 e. The molecule has 1 aromatic heterocycles. The summed E-state index contributed by atoms with van der Waals surface area (Å²) in [5.41, 5.74) is 4.14. The summed E-state index contributed by atoms with van der Waals surface area (Å²) in [4.78, 5) is 17.5. The molecular formula is C18H24N2O3S. The van der Waals surface area contributed by atoms with Crippen LogP contribution in [0.15, 0.2) is 18.2 Å². The highest BCUT2D eigenvalue weighted by atomic mass is 32.1. The van der Waals surface area contributed by atoms with Crippen LogP contribution in [0.3, 0.4) is 0 Å². The summed E-state index contributed by atoms with van der Waals surface area (Å²) in [7, 11) is 1.54. The quantitative estimate of drug-likeness (QED) is 0.807. The smallest absolute Gasteiger partial charge is 0.263 e. The summed E-state index contributed by atoms with van der Waals surface area (Å²) in [5, 5.41) is 13.3. The zero-order valence-corrected chi connectivity index (χ0v) is 15.4. The predicted octanol–water partition coefficient (Wildman–Crippen LogP) is 2.86. The Hall–Kier alpha value is -1.76. The van der Waals surface area contributed by atoms with Gasteiger partial charge in [-0.2, -0.15) is 0 Å². The second-order valence-corrected chi connectivity index (χ2v) is 6.90. The van der Waals surface area contributed by atoms with Gasteiger partial charge in [-0.05, 0) is 32.8 Å². The molecule has 1 amide bonds. The Bertz CT molecular complexity index is 712. The number of aliphatic hydroxyl groups excluding tert-OH is 1. The molecule has 1 unspecified atom stereocenters. The first-order chi connectivity index (χ1) is 11.4. The van der Waals surface area contributed by atoms with E-state index in [-0.39, 0.29) is 12.5 Å². The third-order valence-corrected chi connectivity index (χ3v) is 4.93. The molecule has 0 spiro atoms. The number of amides is 1. The summed E-state index contributed by atoms with van der Waals surface area (Å²) in [6.45, 7) is 6.63. The van der Waals surface area contributed by atoms with Crippen molar-refractivity contribution in [2.24, 2.45) is 0 Å². The molecule has 2 aromatic rings. The van der Waals surface area contributed by atoms with Gasteiger partial charge >= 0.3 is 0 Å². The van der Waals surface area contributed by atoms with E-state index >= 15 is 0 Å². The van der Waals surface area contributed by atoms with E-state index in [9.17, 15) is 9.90 Å². The lowest BCUT2D eigenvalue weighted by Gasteiger charge is -2.09. The fraction of sp³-hybridized carbons (Fsp3) is 0.444. The SMILES string of the molecule is COCC(O)CCNC(=O)c1sc(-c2ccc(C)cc2C)nc1C. The molecule has 0 aliphatic heterocycles. The zero-order valence-electron chi connectivity index (χ0n) is 14.5. The number of benzene rings is 1. The van der Waals surface area contributed by atoms with Gasteiger partial charge in [0.1, 0.15) is 9.88 Å². The van der Waals surface area contributed by atoms with Crippen molar-refractivity contribution in [2.75, 3.05) is 20.3 Å². The lowest BCUT2D eigenvalue weighted by molar-refractivity contribution is 0.0588. The standard InChI is InChI=1S/C18H24N2O3S/c1-11-5-6-15(12(2)9-11)18-20-13(3)16(24-18)17(22)19-8-7-14(21)10-23-4/h5-6,9,14,21H,7-8,10H2,1-4H3,(H,19,22). The third-order valence-electron chi connectivity index (χ3n) is 3.74. The topological polar surface area (TPSA) is 71.5 Å². The van der Waals surface area contributed by atoms with Crippen LogP contribution >= 0.6 is 11.3 Å². The van der Waals surface area contributed by atoms with Crippen LogP contribution in [0.1, 0.15) is 32.9 Å². The highest BCUT2D eigenvalue weighted by Gasteiger charge is 2.17. The van der Waals surface area contributed by atoms with Crippen molar-refractivity contribution in [3.63, 3.8) is 0 Å². The lowest BCUT2D eigenvalue weighted by atomic mass is 10.1. The van der Waals surface area contributed by atoms with E-state index in [1.54, 1.807) is 0 Å². The molecule has 2 N–H and O–H groups in total. The average molecular weight is 348 g/mol. The minimum atomic E-state index is -0.566. The molecule has 0 aliphatic rings. The van der Waals surface area contributed by atoms with E-state index in [2.05, 4.69) is 36.3 Å². The highest BCUT2D eigenvalue weighted by molar-refractivity contribution is 7.17. The van der Waals surface area contributed by atoms with E-state index in [1.807, 2.05) is 13.0 Å². The molecule has 24 heavy (non-hydrogen) atoms. The Labute approximate surface area is 146 Å². The van der Waals surface area contributed by atoms with E-state index in [4.69, 9.17) is 4.74 Å². The normalized spacial score (nSPS) is 12.2. The number of aromatic nitrogens is 1. The number of carbonyl (C=O) groups is 1. The number of hydrogen-bond donors (Lipinski definition) is 2. The number of aryl methyl sites for hydroxylation is 3. The number of rotatable bonds is 7. The molecule has 130 valence electrons. The summed E-state index contributed by atoms with van der Waals surface area (Å²) in [6, 6.07) is 6.21. The Morgan fingerprint density at radius 1 is 1.38 bits per heavy atom. The number of thiazole rings is 1. The van der Waals surface area contributed by atoms with Crippen molar-refractivity contribution in [3.8, 4) is 10.6 Å². The van der Waals surface area contributed by atoms with Crippen molar-refractivity contribution in [1.29, 1.82) is 0 Å². The molecule has 0 saturated heterocycles. The largest absolute Gasteiger partial charge is 0.391 e. The summed E-state index contributed by atoms with van der Waals surface area (Å²) in [6.07, 6.45) is -0.106. The number of methoxy groups -OCH3 is 1. The third kappa shape index (κ3) is 4.63. The van der Waals surface area contributed by atoms with Gasteiger partial charge in [-0.3, -0.25) is 4.79 Å². The summed E-state index contributed by atoms with van der Waals surface area (Å²) in [5.74, 6) is -0.148. The van der Waals surface area contributed by atoms with Crippen molar-refractivity contribution in [1.82, 2.24) is 10.3 Å². The molecule has 1 heterocycles. The summed E-state index contributed by atoms with van der Waals surface area (Å²) >= 11 is 1.40. The minimum absolute atomic E-state index is 0.148. The van der Waals surface area contributed by atoms with Crippen LogP contribution in [0, 0.1) is 20.8 Å². The maximum Gasteiger partial charge on any atom is 0.263 e. The molecule has 2 rings (SSSR count). The Kier molecular flexibility index (Phi) is 6.48. The van der Waals surface area contributed by atoms with Gasteiger partial charge in [0.15, 0.2) is 0 Å². The second kappa shape index (κ2) is 8.37. The van der Waals surface area contributed by atoms with E-state index in [1.165, 1.54) is 24.0 Å². The predicted molar refractivity (Wildman–Crippen MR) is 96.6 cm³/mol. The van der Waals surface area contributed by atoms with Gasteiger partial charge in [0.25, 0.3) is 5.91 Å². The number of nitrogens with one attached hydrogen (secondary N) is 1. The maximum absolute atomic E-state index is 12.3. The zero-order chi connectivity index (χ0) is 17.7. The molecule has 1 atom stereocenters. The molecule has 5 nitrogen and oxygen atoms in total. The Balaban J connectivity index is 2.06. The molecule has 0 aliphatic carbocycles. The first kappa shape index (κ1) is 18.6. The van der Waals surface area contributed by atoms with Gasteiger partial charge in [-0.15, -0.1) is 11.3 Å². The number of nitrogens with zero attached hydrogens (tertiary/aromatic N) is 1. The van der Waals surface area contributed by atoms with Crippen LogP contribution in [0.25, 0.3) is 10.6 Å². The Morgan fingerprint density at radius 2 is 2.12 bits per heavy atom. The van der Waals surface area contributed by atoms with Gasteiger partial charge in [0, 0.05) is 19.2 Å².